The monoisotopic (exact) mass is 257 g/mol. The Kier molecular flexibility index (Phi) is 5.13. The van der Waals surface area contributed by atoms with Crippen molar-refractivity contribution >= 4 is 17.2 Å². The SMILES string of the molecule is CCN(CC)c1ccc(/C(C)=C(\C#N)C(N)=O)cc1. The Bertz CT molecular complexity index is 519. The molecule has 0 saturated heterocycles. The summed E-state index contributed by atoms with van der Waals surface area (Å²) in [5, 5.41) is 8.93. The van der Waals surface area contributed by atoms with E-state index in [2.05, 4.69) is 18.7 Å². The van der Waals surface area contributed by atoms with Gasteiger partial charge in [0.25, 0.3) is 5.91 Å². The van der Waals surface area contributed by atoms with Gasteiger partial charge in [-0.15, -0.1) is 0 Å². The molecule has 0 fully saturated rings. The van der Waals surface area contributed by atoms with Crippen molar-refractivity contribution in [2.45, 2.75) is 20.8 Å². The Labute approximate surface area is 114 Å². The smallest absolute Gasteiger partial charge is 0.259 e. The van der Waals surface area contributed by atoms with Crippen LogP contribution < -0.4 is 10.6 Å². The largest absolute Gasteiger partial charge is 0.372 e. The number of carbonyl (C=O) groups is 1. The van der Waals surface area contributed by atoms with Crippen LogP contribution in [0.15, 0.2) is 29.8 Å². The number of nitrogens with two attached hydrogens (primary N) is 1. The highest BCUT2D eigenvalue weighted by Gasteiger charge is 2.10. The van der Waals surface area contributed by atoms with Crippen LogP contribution in [0.5, 0.6) is 0 Å². The summed E-state index contributed by atoms with van der Waals surface area (Å²) in [6.07, 6.45) is 0. The van der Waals surface area contributed by atoms with Gasteiger partial charge in [-0.25, -0.2) is 0 Å². The molecule has 0 aliphatic rings. The first-order chi connectivity index (χ1) is 9.04. The molecular formula is C15H19N3O. The topological polar surface area (TPSA) is 70.1 Å². The minimum atomic E-state index is -0.687. The molecule has 1 amide bonds. The maximum absolute atomic E-state index is 11.1. The molecule has 0 aliphatic carbocycles. The van der Waals surface area contributed by atoms with Gasteiger partial charge in [-0.1, -0.05) is 12.1 Å². The molecule has 0 aromatic heterocycles. The van der Waals surface area contributed by atoms with Gasteiger partial charge in [0.1, 0.15) is 11.6 Å². The maximum atomic E-state index is 11.1. The predicted octanol–water partition coefficient (Wildman–Crippen LogP) is 2.32. The van der Waals surface area contributed by atoms with E-state index in [0.717, 1.165) is 24.3 Å². The number of allylic oxidation sites excluding steroid dienone is 1. The molecule has 1 aromatic rings. The fourth-order valence-corrected chi connectivity index (χ4v) is 1.98. The molecule has 4 nitrogen and oxygen atoms in total. The van der Waals surface area contributed by atoms with Crippen molar-refractivity contribution in [1.29, 1.82) is 5.26 Å². The van der Waals surface area contributed by atoms with Crippen molar-refractivity contribution in [3.63, 3.8) is 0 Å². The van der Waals surface area contributed by atoms with Gasteiger partial charge in [0.05, 0.1) is 0 Å². The summed E-state index contributed by atoms with van der Waals surface area (Å²) >= 11 is 0. The minimum absolute atomic E-state index is 0.00980. The van der Waals surface area contributed by atoms with E-state index in [1.807, 2.05) is 30.3 Å². The lowest BCUT2D eigenvalue weighted by Gasteiger charge is -2.21. The van der Waals surface area contributed by atoms with Crippen LogP contribution in [0.2, 0.25) is 0 Å². The molecule has 1 rings (SSSR count). The summed E-state index contributed by atoms with van der Waals surface area (Å²) in [6.45, 7) is 7.81. The van der Waals surface area contributed by atoms with E-state index in [-0.39, 0.29) is 5.57 Å². The van der Waals surface area contributed by atoms with Crippen LogP contribution in [0, 0.1) is 11.3 Å². The molecule has 0 aliphatic heterocycles. The molecule has 0 spiro atoms. The third-order valence-electron chi connectivity index (χ3n) is 3.16. The standard InChI is InChI=1S/C15H19N3O/c1-4-18(5-2)13-8-6-12(7-9-13)11(3)14(10-16)15(17)19/h6-9H,4-5H2,1-3H3,(H2,17,19)/b14-11+. The first kappa shape index (κ1) is 14.8. The Morgan fingerprint density at radius 3 is 2.16 bits per heavy atom. The van der Waals surface area contributed by atoms with E-state index in [0.29, 0.717) is 5.57 Å². The highest BCUT2D eigenvalue weighted by atomic mass is 16.1. The lowest BCUT2D eigenvalue weighted by Crippen LogP contribution is -2.21. The molecule has 0 radical (unpaired) electrons. The van der Waals surface area contributed by atoms with E-state index in [1.165, 1.54) is 0 Å². The number of carbonyl (C=O) groups excluding carboxylic acids is 1. The molecule has 4 heteroatoms. The predicted molar refractivity (Wildman–Crippen MR) is 77.4 cm³/mol. The van der Waals surface area contributed by atoms with Gasteiger partial charge < -0.3 is 10.6 Å². The molecule has 0 atom stereocenters. The van der Waals surface area contributed by atoms with Crippen molar-refractivity contribution in [3.05, 3.63) is 35.4 Å². The highest BCUT2D eigenvalue weighted by Crippen LogP contribution is 2.22. The number of rotatable bonds is 5. The Morgan fingerprint density at radius 1 is 1.26 bits per heavy atom. The van der Waals surface area contributed by atoms with Crippen molar-refractivity contribution in [2.24, 2.45) is 5.73 Å². The summed E-state index contributed by atoms with van der Waals surface area (Å²) in [5.74, 6) is -0.687. The number of benzene rings is 1. The third kappa shape index (κ3) is 3.35. The summed E-state index contributed by atoms with van der Waals surface area (Å²) in [4.78, 5) is 13.4. The van der Waals surface area contributed by atoms with E-state index >= 15 is 0 Å². The zero-order valence-corrected chi connectivity index (χ0v) is 11.6. The van der Waals surface area contributed by atoms with E-state index in [1.54, 1.807) is 6.92 Å². The maximum Gasteiger partial charge on any atom is 0.259 e. The molecular weight excluding hydrogens is 238 g/mol. The third-order valence-corrected chi connectivity index (χ3v) is 3.16. The van der Waals surface area contributed by atoms with Gasteiger partial charge >= 0.3 is 0 Å². The molecule has 0 saturated carbocycles. The summed E-state index contributed by atoms with van der Waals surface area (Å²) in [7, 11) is 0. The van der Waals surface area contributed by atoms with Crippen LogP contribution in [0.3, 0.4) is 0 Å². The normalized spacial score (nSPS) is 11.5. The Hall–Kier alpha value is -2.28. The molecule has 0 bridgehead atoms. The fraction of sp³-hybridized carbons (Fsp3) is 0.333. The van der Waals surface area contributed by atoms with Crippen LogP contribution >= 0.6 is 0 Å². The Balaban J connectivity index is 3.12. The number of anilines is 1. The van der Waals surface area contributed by atoms with Gasteiger partial charge in [0.15, 0.2) is 0 Å². The number of nitriles is 1. The second-order valence-electron chi connectivity index (χ2n) is 4.20. The van der Waals surface area contributed by atoms with Crippen molar-refractivity contribution in [1.82, 2.24) is 0 Å². The average molecular weight is 257 g/mol. The summed E-state index contributed by atoms with van der Waals surface area (Å²) in [5.41, 5.74) is 7.76. The van der Waals surface area contributed by atoms with Gasteiger partial charge in [-0.3, -0.25) is 4.79 Å². The number of primary amides is 1. The number of hydrogen-bond acceptors (Lipinski definition) is 3. The molecule has 0 unspecified atom stereocenters. The zero-order chi connectivity index (χ0) is 14.4. The van der Waals surface area contributed by atoms with Gasteiger partial charge in [0.2, 0.25) is 0 Å². The van der Waals surface area contributed by atoms with E-state index in [9.17, 15) is 4.79 Å². The van der Waals surface area contributed by atoms with Gasteiger partial charge in [-0.2, -0.15) is 5.26 Å². The summed E-state index contributed by atoms with van der Waals surface area (Å²) < 4.78 is 0. The molecule has 1 aromatic carbocycles. The van der Waals surface area contributed by atoms with E-state index in [4.69, 9.17) is 11.0 Å². The first-order valence-corrected chi connectivity index (χ1v) is 6.31. The van der Waals surface area contributed by atoms with Crippen LogP contribution in [0.4, 0.5) is 5.69 Å². The molecule has 19 heavy (non-hydrogen) atoms. The van der Waals surface area contributed by atoms with Crippen LogP contribution in [-0.2, 0) is 4.79 Å². The van der Waals surface area contributed by atoms with Gasteiger partial charge in [0, 0.05) is 18.8 Å². The van der Waals surface area contributed by atoms with Crippen LogP contribution in [-0.4, -0.2) is 19.0 Å². The molecule has 0 heterocycles. The lowest BCUT2D eigenvalue weighted by molar-refractivity contribution is -0.114. The van der Waals surface area contributed by atoms with E-state index < -0.39 is 5.91 Å². The second-order valence-corrected chi connectivity index (χ2v) is 4.20. The second kappa shape index (κ2) is 6.60. The quantitative estimate of drug-likeness (QED) is 0.650. The summed E-state index contributed by atoms with van der Waals surface area (Å²) in [6, 6.07) is 9.64. The van der Waals surface area contributed by atoms with Crippen LogP contribution in [0.25, 0.3) is 5.57 Å². The fourth-order valence-electron chi connectivity index (χ4n) is 1.98. The average Bonchev–Trinajstić information content (AvgIpc) is 2.41. The first-order valence-electron chi connectivity index (χ1n) is 6.31. The number of nitrogens with zero attached hydrogens (tertiary/aromatic N) is 2. The number of amides is 1. The Morgan fingerprint density at radius 2 is 1.79 bits per heavy atom. The zero-order valence-electron chi connectivity index (χ0n) is 11.6. The highest BCUT2D eigenvalue weighted by molar-refractivity contribution is 6.03. The van der Waals surface area contributed by atoms with Crippen molar-refractivity contribution in [3.8, 4) is 6.07 Å². The minimum Gasteiger partial charge on any atom is -0.372 e. The van der Waals surface area contributed by atoms with Crippen molar-refractivity contribution < 1.29 is 4.79 Å². The number of hydrogen-bond donors (Lipinski definition) is 1. The molecule has 100 valence electrons. The lowest BCUT2D eigenvalue weighted by atomic mass is 10.0. The van der Waals surface area contributed by atoms with Crippen LogP contribution in [0.1, 0.15) is 26.3 Å². The van der Waals surface area contributed by atoms with Crippen molar-refractivity contribution in [2.75, 3.05) is 18.0 Å². The molecule has 2 N–H and O–H groups in total. The van der Waals surface area contributed by atoms with Gasteiger partial charge in [-0.05, 0) is 44.0 Å².